The fourth-order valence-corrected chi connectivity index (χ4v) is 3.68. The second kappa shape index (κ2) is 7.50. The highest BCUT2D eigenvalue weighted by Crippen LogP contribution is 2.29. The Labute approximate surface area is 153 Å². The molecule has 2 aliphatic rings. The van der Waals surface area contributed by atoms with Crippen LogP contribution in [0.1, 0.15) is 36.3 Å². The van der Waals surface area contributed by atoms with Gasteiger partial charge in [0.05, 0.1) is 18.2 Å². The summed E-state index contributed by atoms with van der Waals surface area (Å²) < 4.78 is 7.85. The van der Waals surface area contributed by atoms with Gasteiger partial charge in [0.15, 0.2) is 0 Å². The molecule has 1 saturated heterocycles. The number of para-hydroxylation sites is 1. The number of aryl methyl sites for hydroxylation is 1. The average Bonchev–Trinajstić information content (AvgIpc) is 3.25. The summed E-state index contributed by atoms with van der Waals surface area (Å²) in [4.78, 5) is 12.8. The number of nitrogens with one attached hydrogen (secondary N) is 2. The third-order valence-electron chi connectivity index (χ3n) is 5.48. The number of aromatic nitrogens is 2. The van der Waals surface area contributed by atoms with Gasteiger partial charge in [-0.15, -0.1) is 0 Å². The molecule has 1 aliphatic carbocycles. The first-order chi connectivity index (χ1) is 12.7. The summed E-state index contributed by atoms with van der Waals surface area (Å²) >= 11 is 0. The van der Waals surface area contributed by atoms with E-state index in [1.807, 2.05) is 43.7 Å². The van der Waals surface area contributed by atoms with Gasteiger partial charge in [0.1, 0.15) is 5.75 Å². The molecule has 0 spiro atoms. The normalized spacial score (nSPS) is 22.8. The van der Waals surface area contributed by atoms with Crippen LogP contribution in [0.4, 0.5) is 0 Å². The monoisotopic (exact) mass is 354 g/mol. The first kappa shape index (κ1) is 17.1. The Hall–Kier alpha value is -2.34. The van der Waals surface area contributed by atoms with Crippen molar-refractivity contribution in [3.05, 3.63) is 47.8 Å². The van der Waals surface area contributed by atoms with Gasteiger partial charge in [-0.2, -0.15) is 5.10 Å². The number of rotatable bonds is 6. The van der Waals surface area contributed by atoms with Gasteiger partial charge in [-0.05, 0) is 30.9 Å². The highest BCUT2D eigenvalue weighted by atomic mass is 16.5. The standard InChI is InChI=1S/C20H26N4O2/c1-24-13-15(10-23-24)17-11-21-12-18(17)20(25)22-9-14-5-2-3-8-19(14)26-16-6-4-7-16/h2-3,5,8,10,13,16-18,21H,4,6-7,9,11-12H2,1H3,(H,22,25)/t17-,18+/m1/s1. The van der Waals surface area contributed by atoms with E-state index in [0.29, 0.717) is 19.2 Å². The van der Waals surface area contributed by atoms with Gasteiger partial charge in [0.2, 0.25) is 5.91 Å². The minimum atomic E-state index is -0.0705. The summed E-state index contributed by atoms with van der Waals surface area (Å²) in [6.45, 7) is 2.01. The van der Waals surface area contributed by atoms with Crippen molar-refractivity contribution in [2.75, 3.05) is 13.1 Å². The van der Waals surface area contributed by atoms with E-state index in [0.717, 1.165) is 36.3 Å². The van der Waals surface area contributed by atoms with Crippen LogP contribution in [0.25, 0.3) is 0 Å². The van der Waals surface area contributed by atoms with Crippen molar-refractivity contribution in [1.82, 2.24) is 20.4 Å². The number of hydrogen-bond donors (Lipinski definition) is 2. The first-order valence-corrected chi connectivity index (χ1v) is 9.42. The lowest BCUT2D eigenvalue weighted by Gasteiger charge is -2.27. The third-order valence-corrected chi connectivity index (χ3v) is 5.48. The smallest absolute Gasteiger partial charge is 0.225 e. The first-order valence-electron chi connectivity index (χ1n) is 9.42. The molecule has 1 amide bonds. The minimum Gasteiger partial charge on any atom is -0.490 e. The van der Waals surface area contributed by atoms with Crippen LogP contribution in [0.3, 0.4) is 0 Å². The maximum absolute atomic E-state index is 12.8. The number of carbonyl (C=O) groups excluding carboxylic acids is 1. The maximum atomic E-state index is 12.8. The minimum absolute atomic E-state index is 0.0705. The molecule has 2 heterocycles. The van der Waals surface area contributed by atoms with E-state index < -0.39 is 0 Å². The second-order valence-electron chi connectivity index (χ2n) is 7.31. The molecule has 138 valence electrons. The summed E-state index contributed by atoms with van der Waals surface area (Å²) in [6.07, 6.45) is 7.69. The Morgan fingerprint density at radius 1 is 1.35 bits per heavy atom. The van der Waals surface area contributed by atoms with Crippen molar-refractivity contribution >= 4 is 5.91 Å². The molecule has 2 fully saturated rings. The van der Waals surface area contributed by atoms with Crippen molar-refractivity contribution < 1.29 is 9.53 Å². The molecule has 0 unspecified atom stereocenters. The molecule has 2 N–H and O–H groups in total. The van der Waals surface area contributed by atoms with Crippen LogP contribution in [-0.2, 0) is 18.4 Å². The summed E-state index contributed by atoms with van der Waals surface area (Å²) in [7, 11) is 1.90. The SMILES string of the molecule is Cn1cc([C@H]2CNC[C@@H]2C(=O)NCc2ccccc2OC2CCC2)cn1. The van der Waals surface area contributed by atoms with E-state index >= 15 is 0 Å². The van der Waals surface area contributed by atoms with Crippen LogP contribution < -0.4 is 15.4 Å². The summed E-state index contributed by atoms with van der Waals surface area (Å²) in [5.74, 6) is 1.08. The molecule has 0 bridgehead atoms. The predicted molar refractivity (Wildman–Crippen MR) is 98.9 cm³/mol. The maximum Gasteiger partial charge on any atom is 0.225 e. The number of amides is 1. The lowest BCUT2D eigenvalue weighted by Crippen LogP contribution is -2.34. The second-order valence-corrected chi connectivity index (χ2v) is 7.31. The van der Waals surface area contributed by atoms with E-state index in [2.05, 4.69) is 15.7 Å². The molecule has 0 radical (unpaired) electrons. The van der Waals surface area contributed by atoms with Crippen LogP contribution in [0.2, 0.25) is 0 Å². The van der Waals surface area contributed by atoms with Crippen molar-refractivity contribution in [2.45, 2.75) is 37.8 Å². The summed E-state index contributed by atoms with van der Waals surface area (Å²) in [6, 6.07) is 8.00. The Morgan fingerprint density at radius 3 is 2.92 bits per heavy atom. The molecular weight excluding hydrogens is 328 g/mol. The molecule has 1 aromatic carbocycles. The van der Waals surface area contributed by atoms with Gasteiger partial charge >= 0.3 is 0 Å². The molecule has 26 heavy (non-hydrogen) atoms. The molecule has 1 aliphatic heterocycles. The van der Waals surface area contributed by atoms with Crippen LogP contribution >= 0.6 is 0 Å². The highest BCUT2D eigenvalue weighted by Gasteiger charge is 2.34. The van der Waals surface area contributed by atoms with Crippen LogP contribution in [0, 0.1) is 5.92 Å². The Balaban J connectivity index is 1.39. The topological polar surface area (TPSA) is 68.2 Å². The molecular formula is C20H26N4O2. The van der Waals surface area contributed by atoms with Gasteiger partial charge in [-0.3, -0.25) is 9.48 Å². The zero-order chi connectivity index (χ0) is 17.9. The largest absolute Gasteiger partial charge is 0.490 e. The lowest BCUT2D eigenvalue weighted by molar-refractivity contribution is -0.125. The molecule has 4 rings (SSSR count). The van der Waals surface area contributed by atoms with Crippen molar-refractivity contribution in [1.29, 1.82) is 0 Å². The van der Waals surface area contributed by atoms with Gasteiger partial charge in [0.25, 0.3) is 0 Å². The number of carbonyl (C=O) groups is 1. The fraction of sp³-hybridized carbons (Fsp3) is 0.500. The zero-order valence-corrected chi connectivity index (χ0v) is 15.1. The molecule has 6 nitrogen and oxygen atoms in total. The van der Waals surface area contributed by atoms with Gasteiger partial charge in [-0.25, -0.2) is 0 Å². The molecule has 2 aromatic rings. The molecule has 6 heteroatoms. The fourth-order valence-electron chi connectivity index (χ4n) is 3.68. The van der Waals surface area contributed by atoms with Crippen molar-refractivity contribution in [2.24, 2.45) is 13.0 Å². The van der Waals surface area contributed by atoms with Crippen LogP contribution in [-0.4, -0.2) is 34.9 Å². The van der Waals surface area contributed by atoms with Gasteiger partial charge < -0.3 is 15.4 Å². The van der Waals surface area contributed by atoms with Gasteiger partial charge in [0, 0.05) is 44.4 Å². The van der Waals surface area contributed by atoms with Crippen LogP contribution in [0.5, 0.6) is 5.75 Å². The van der Waals surface area contributed by atoms with Crippen LogP contribution in [0.15, 0.2) is 36.7 Å². The highest BCUT2D eigenvalue weighted by molar-refractivity contribution is 5.80. The quantitative estimate of drug-likeness (QED) is 0.832. The van der Waals surface area contributed by atoms with E-state index in [4.69, 9.17) is 4.74 Å². The lowest BCUT2D eigenvalue weighted by atomic mass is 9.90. The number of ether oxygens (including phenoxy) is 1. The number of hydrogen-bond acceptors (Lipinski definition) is 4. The Kier molecular flexibility index (Phi) is 4.93. The van der Waals surface area contributed by atoms with E-state index in [-0.39, 0.29) is 17.7 Å². The van der Waals surface area contributed by atoms with Crippen molar-refractivity contribution in [3.63, 3.8) is 0 Å². The number of nitrogens with zero attached hydrogens (tertiary/aromatic N) is 2. The molecule has 2 atom stereocenters. The van der Waals surface area contributed by atoms with E-state index in [1.54, 1.807) is 4.68 Å². The number of benzene rings is 1. The summed E-state index contributed by atoms with van der Waals surface area (Å²) in [5.41, 5.74) is 2.16. The van der Waals surface area contributed by atoms with Crippen molar-refractivity contribution in [3.8, 4) is 5.75 Å². The zero-order valence-electron chi connectivity index (χ0n) is 15.1. The third kappa shape index (κ3) is 3.60. The van der Waals surface area contributed by atoms with E-state index in [9.17, 15) is 4.79 Å². The van der Waals surface area contributed by atoms with E-state index in [1.165, 1.54) is 6.42 Å². The molecule has 1 saturated carbocycles. The predicted octanol–water partition coefficient (Wildman–Crippen LogP) is 1.97. The summed E-state index contributed by atoms with van der Waals surface area (Å²) in [5, 5.41) is 10.7. The van der Waals surface area contributed by atoms with Gasteiger partial charge in [-0.1, -0.05) is 18.2 Å². The Morgan fingerprint density at radius 2 is 2.19 bits per heavy atom. The molecule has 1 aromatic heterocycles. The Bertz CT molecular complexity index is 769. The average molecular weight is 354 g/mol.